The highest BCUT2D eigenvalue weighted by Gasteiger charge is 2.12. The third-order valence-electron chi connectivity index (χ3n) is 4.18. The van der Waals surface area contributed by atoms with Gasteiger partial charge in [-0.25, -0.2) is 0 Å². The van der Waals surface area contributed by atoms with Gasteiger partial charge in [0.2, 0.25) is 0 Å². The van der Waals surface area contributed by atoms with Gasteiger partial charge in [0.1, 0.15) is 11.5 Å². The van der Waals surface area contributed by atoms with Crippen LogP contribution in [0.25, 0.3) is 11.3 Å². The largest absolute Gasteiger partial charge is 0.460 e. The van der Waals surface area contributed by atoms with Gasteiger partial charge in [-0.05, 0) is 38.2 Å². The molecule has 0 radical (unpaired) electrons. The highest BCUT2D eigenvalue weighted by molar-refractivity contribution is 5.66. The molecule has 0 saturated heterocycles. The summed E-state index contributed by atoms with van der Waals surface area (Å²) in [5.41, 5.74) is 3.83. The molecular weight excluding hydrogens is 300 g/mol. The van der Waals surface area contributed by atoms with Crippen LogP contribution in [-0.4, -0.2) is 21.7 Å². The van der Waals surface area contributed by atoms with Crippen LogP contribution in [-0.2, 0) is 20.1 Å². The first-order valence-corrected chi connectivity index (χ1v) is 7.82. The summed E-state index contributed by atoms with van der Waals surface area (Å²) in [6.45, 7) is 3.58. The molecule has 0 unspecified atom stereocenters. The van der Waals surface area contributed by atoms with Crippen molar-refractivity contribution in [2.24, 2.45) is 7.05 Å². The van der Waals surface area contributed by atoms with Crippen molar-refractivity contribution in [3.8, 4) is 17.4 Å². The number of hydrogen-bond donors (Lipinski definition) is 0. The van der Waals surface area contributed by atoms with E-state index in [4.69, 9.17) is 4.42 Å². The highest BCUT2D eigenvalue weighted by atomic mass is 16.3. The Morgan fingerprint density at radius 2 is 2.00 bits per heavy atom. The van der Waals surface area contributed by atoms with E-state index >= 15 is 0 Å². The summed E-state index contributed by atoms with van der Waals surface area (Å²) in [6, 6.07) is 13.6. The van der Waals surface area contributed by atoms with Crippen molar-refractivity contribution in [3.63, 3.8) is 0 Å². The third kappa shape index (κ3) is 3.24. The molecule has 0 aliphatic rings. The number of rotatable bonds is 5. The lowest BCUT2D eigenvalue weighted by molar-refractivity contribution is 0.289. The van der Waals surface area contributed by atoms with Crippen molar-refractivity contribution < 1.29 is 4.42 Å². The van der Waals surface area contributed by atoms with Crippen LogP contribution in [0.3, 0.4) is 0 Å². The molecule has 0 bridgehead atoms. The van der Waals surface area contributed by atoms with Crippen molar-refractivity contribution >= 4 is 0 Å². The number of benzene rings is 1. The minimum Gasteiger partial charge on any atom is -0.460 e. The second-order valence-electron chi connectivity index (χ2n) is 5.97. The molecule has 0 atom stereocenters. The van der Waals surface area contributed by atoms with Gasteiger partial charge in [-0.1, -0.05) is 12.1 Å². The molecule has 5 nitrogen and oxygen atoms in total. The fourth-order valence-corrected chi connectivity index (χ4v) is 2.72. The Morgan fingerprint density at radius 3 is 2.71 bits per heavy atom. The molecule has 0 spiro atoms. The standard InChI is InChI=1S/C19H20N4O/c1-14-16(11-21-23(14)3)12-22(2)13-17-8-9-19(24-17)18-7-5-4-6-15(18)10-20/h4-9,11H,12-13H2,1-3H3. The molecule has 2 aromatic heterocycles. The summed E-state index contributed by atoms with van der Waals surface area (Å²) in [4.78, 5) is 2.18. The summed E-state index contributed by atoms with van der Waals surface area (Å²) in [7, 11) is 4.00. The van der Waals surface area contributed by atoms with Gasteiger partial charge < -0.3 is 4.42 Å². The first-order chi connectivity index (χ1) is 11.6. The van der Waals surface area contributed by atoms with Gasteiger partial charge in [0, 0.05) is 30.4 Å². The van der Waals surface area contributed by atoms with Crippen molar-refractivity contribution in [1.29, 1.82) is 5.26 Å². The first-order valence-electron chi connectivity index (χ1n) is 7.82. The molecule has 1 aromatic carbocycles. The average molecular weight is 320 g/mol. The normalized spacial score (nSPS) is 11.0. The molecule has 0 aliphatic carbocycles. The van der Waals surface area contributed by atoms with E-state index in [-0.39, 0.29) is 0 Å². The maximum atomic E-state index is 9.22. The second-order valence-corrected chi connectivity index (χ2v) is 5.97. The molecule has 2 heterocycles. The van der Waals surface area contributed by atoms with Gasteiger partial charge in [0.05, 0.1) is 24.4 Å². The van der Waals surface area contributed by atoms with Crippen LogP contribution in [0.2, 0.25) is 0 Å². The molecule has 0 fully saturated rings. The molecule has 0 N–H and O–H groups in total. The Morgan fingerprint density at radius 1 is 1.21 bits per heavy atom. The summed E-state index contributed by atoms with van der Waals surface area (Å²) in [5.74, 6) is 1.61. The second kappa shape index (κ2) is 6.73. The van der Waals surface area contributed by atoms with Crippen molar-refractivity contribution in [2.75, 3.05) is 7.05 Å². The third-order valence-corrected chi connectivity index (χ3v) is 4.18. The molecule has 24 heavy (non-hydrogen) atoms. The van der Waals surface area contributed by atoms with Crippen molar-refractivity contribution in [3.05, 3.63) is 65.2 Å². The number of nitrogens with zero attached hydrogens (tertiary/aromatic N) is 4. The van der Waals surface area contributed by atoms with E-state index in [1.54, 1.807) is 6.07 Å². The Kier molecular flexibility index (Phi) is 4.50. The summed E-state index contributed by atoms with van der Waals surface area (Å²) in [6.07, 6.45) is 1.91. The topological polar surface area (TPSA) is 58.0 Å². The minimum atomic E-state index is 0.623. The summed E-state index contributed by atoms with van der Waals surface area (Å²) >= 11 is 0. The van der Waals surface area contributed by atoms with E-state index in [1.807, 2.05) is 48.3 Å². The van der Waals surface area contributed by atoms with Crippen LogP contribution in [0.5, 0.6) is 0 Å². The Labute approximate surface area is 141 Å². The highest BCUT2D eigenvalue weighted by Crippen LogP contribution is 2.26. The van der Waals surface area contributed by atoms with E-state index in [0.717, 1.165) is 23.6 Å². The zero-order valence-electron chi connectivity index (χ0n) is 14.2. The summed E-state index contributed by atoms with van der Waals surface area (Å²) in [5, 5.41) is 13.5. The van der Waals surface area contributed by atoms with E-state index in [9.17, 15) is 5.26 Å². The fraction of sp³-hybridized carbons (Fsp3) is 0.263. The van der Waals surface area contributed by atoms with E-state index in [1.165, 1.54) is 11.3 Å². The van der Waals surface area contributed by atoms with Crippen LogP contribution >= 0.6 is 0 Å². The van der Waals surface area contributed by atoms with E-state index < -0.39 is 0 Å². The Balaban J connectivity index is 1.72. The molecule has 5 heteroatoms. The van der Waals surface area contributed by atoms with Crippen molar-refractivity contribution in [1.82, 2.24) is 14.7 Å². The Hall–Kier alpha value is -2.84. The average Bonchev–Trinajstić information content (AvgIpc) is 3.17. The lowest BCUT2D eigenvalue weighted by atomic mass is 10.1. The quantitative estimate of drug-likeness (QED) is 0.722. The van der Waals surface area contributed by atoms with Crippen LogP contribution < -0.4 is 0 Å². The van der Waals surface area contributed by atoms with Crippen LogP contribution in [0.15, 0.2) is 47.0 Å². The molecule has 0 saturated carbocycles. The smallest absolute Gasteiger partial charge is 0.135 e. The van der Waals surface area contributed by atoms with Crippen LogP contribution in [0, 0.1) is 18.3 Å². The molecule has 122 valence electrons. The molecular formula is C19H20N4O. The van der Waals surface area contributed by atoms with Gasteiger partial charge in [0.25, 0.3) is 0 Å². The zero-order chi connectivity index (χ0) is 17.1. The van der Waals surface area contributed by atoms with Crippen molar-refractivity contribution in [2.45, 2.75) is 20.0 Å². The number of aryl methyl sites for hydroxylation is 1. The maximum absolute atomic E-state index is 9.22. The fourth-order valence-electron chi connectivity index (χ4n) is 2.72. The van der Waals surface area contributed by atoms with Crippen LogP contribution in [0.4, 0.5) is 0 Å². The first kappa shape index (κ1) is 16.0. The zero-order valence-corrected chi connectivity index (χ0v) is 14.2. The molecule has 0 aliphatic heterocycles. The van der Waals surface area contributed by atoms with E-state index in [2.05, 4.69) is 30.0 Å². The van der Waals surface area contributed by atoms with Crippen LogP contribution in [0.1, 0.15) is 22.6 Å². The van der Waals surface area contributed by atoms with E-state index in [0.29, 0.717) is 12.1 Å². The molecule has 3 aromatic rings. The lowest BCUT2D eigenvalue weighted by Crippen LogP contribution is -2.17. The number of hydrogen-bond acceptors (Lipinski definition) is 4. The van der Waals surface area contributed by atoms with Gasteiger partial charge in [-0.3, -0.25) is 9.58 Å². The number of furan rings is 1. The van der Waals surface area contributed by atoms with Gasteiger partial charge in [-0.2, -0.15) is 10.4 Å². The minimum absolute atomic E-state index is 0.623. The summed E-state index contributed by atoms with van der Waals surface area (Å²) < 4.78 is 7.82. The monoisotopic (exact) mass is 320 g/mol. The SMILES string of the molecule is Cc1c(CN(C)Cc2ccc(-c3ccccc3C#N)o2)cnn1C. The predicted octanol–water partition coefficient (Wildman–Crippen LogP) is 3.49. The predicted molar refractivity (Wildman–Crippen MR) is 92.0 cm³/mol. The van der Waals surface area contributed by atoms with Gasteiger partial charge >= 0.3 is 0 Å². The van der Waals surface area contributed by atoms with Gasteiger partial charge in [0.15, 0.2) is 0 Å². The lowest BCUT2D eigenvalue weighted by Gasteiger charge is -2.14. The van der Waals surface area contributed by atoms with Gasteiger partial charge in [-0.15, -0.1) is 0 Å². The maximum Gasteiger partial charge on any atom is 0.135 e. The number of aromatic nitrogens is 2. The Bertz CT molecular complexity index is 885. The molecule has 0 amide bonds. The molecule has 3 rings (SSSR count). The number of nitriles is 1.